The van der Waals surface area contributed by atoms with E-state index < -0.39 is 0 Å². The Kier molecular flexibility index (Phi) is 3.39. The van der Waals surface area contributed by atoms with Gasteiger partial charge >= 0.3 is 0 Å². The van der Waals surface area contributed by atoms with Gasteiger partial charge in [0, 0.05) is 6.07 Å². The van der Waals surface area contributed by atoms with E-state index in [0.29, 0.717) is 11.6 Å². The van der Waals surface area contributed by atoms with Crippen LogP contribution in [0.15, 0.2) is 35.7 Å². The van der Waals surface area contributed by atoms with E-state index in [4.69, 9.17) is 9.47 Å². The average Bonchev–Trinajstić information content (AvgIpc) is 3.17. The van der Waals surface area contributed by atoms with E-state index in [1.807, 2.05) is 35.7 Å². The van der Waals surface area contributed by atoms with Crippen molar-refractivity contribution >= 4 is 11.3 Å². The van der Waals surface area contributed by atoms with Gasteiger partial charge in [0.05, 0.1) is 24.7 Å². The maximum atomic E-state index is 5.37. The van der Waals surface area contributed by atoms with Crippen LogP contribution >= 0.6 is 11.3 Å². The average molecular weight is 287 g/mol. The van der Waals surface area contributed by atoms with Crippen LogP contribution < -0.4 is 9.47 Å². The smallest absolute Gasteiger partial charge is 0.185 e. The highest BCUT2D eigenvalue weighted by atomic mass is 32.1. The van der Waals surface area contributed by atoms with Crippen molar-refractivity contribution in [3.05, 3.63) is 35.7 Å². The van der Waals surface area contributed by atoms with Gasteiger partial charge in [-0.15, -0.1) is 11.3 Å². The molecule has 0 saturated heterocycles. The second kappa shape index (κ2) is 5.34. The third kappa shape index (κ3) is 2.25. The van der Waals surface area contributed by atoms with Gasteiger partial charge in [-0.2, -0.15) is 5.10 Å². The van der Waals surface area contributed by atoms with Crippen LogP contribution in [-0.4, -0.2) is 29.4 Å². The molecule has 1 aromatic carbocycles. The van der Waals surface area contributed by atoms with E-state index in [0.717, 1.165) is 22.0 Å². The number of methoxy groups -OCH3 is 2. The second-order valence-corrected chi connectivity index (χ2v) is 5.00. The molecule has 0 aliphatic heterocycles. The van der Waals surface area contributed by atoms with Crippen LogP contribution in [-0.2, 0) is 0 Å². The summed E-state index contributed by atoms with van der Waals surface area (Å²) >= 11 is 1.62. The number of aromatic nitrogens is 3. The monoisotopic (exact) mass is 287 g/mol. The van der Waals surface area contributed by atoms with Crippen LogP contribution in [0.2, 0.25) is 0 Å². The van der Waals surface area contributed by atoms with Crippen molar-refractivity contribution in [2.24, 2.45) is 0 Å². The molecular weight excluding hydrogens is 274 g/mol. The minimum atomic E-state index is 0.605. The molecule has 0 fully saturated rings. The first kappa shape index (κ1) is 12.7. The van der Waals surface area contributed by atoms with Crippen molar-refractivity contribution in [3.8, 4) is 33.6 Å². The molecule has 0 aliphatic carbocycles. The zero-order valence-electron chi connectivity index (χ0n) is 11.1. The fourth-order valence-corrected chi connectivity index (χ4v) is 2.55. The predicted octanol–water partition coefficient (Wildman–Crippen LogP) is 3.22. The van der Waals surface area contributed by atoms with Crippen molar-refractivity contribution in [1.82, 2.24) is 15.2 Å². The second-order valence-electron chi connectivity index (χ2n) is 4.05. The molecule has 0 bridgehead atoms. The van der Waals surface area contributed by atoms with Gasteiger partial charge < -0.3 is 9.47 Å². The summed E-state index contributed by atoms with van der Waals surface area (Å²) in [6.45, 7) is 0. The Bertz CT molecular complexity index is 707. The third-order valence-corrected chi connectivity index (χ3v) is 3.77. The molecule has 6 heteroatoms. The number of rotatable bonds is 4. The lowest BCUT2D eigenvalue weighted by Gasteiger charge is -2.07. The number of ether oxygens (including phenoxy) is 2. The van der Waals surface area contributed by atoms with E-state index in [9.17, 15) is 0 Å². The Morgan fingerprint density at radius 2 is 2.05 bits per heavy atom. The van der Waals surface area contributed by atoms with Gasteiger partial charge in [-0.1, -0.05) is 6.07 Å². The van der Waals surface area contributed by atoms with Crippen molar-refractivity contribution < 1.29 is 9.47 Å². The molecule has 0 unspecified atom stereocenters. The first-order chi connectivity index (χ1) is 9.81. The third-order valence-electron chi connectivity index (χ3n) is 2.89. The van der Waals surface area contributed by atoms with Gasteiger partial charge in [0.2, 0.25) is 0 Å². The summed E-state index contributed by atoms with van der Waals surface area (Å²) in [5.41, 5.74) is 0.826. The zero-order valence-corrected chi connectivity index (χ0v) is 11.9. The number of thiophene rings is 1. The van der Waals surface area contributed by atoms with Crippen molar-refractivity contribution in [1.29, 1.82) is 0 Å². The van der Waals surface area contributed by atoms with Crippen molar-refractivity contribution in [2.45, 2.75) is 0 Å². The number of nitrogens with zero attached hydrogens (tertiary/aromatic N) is 2. The Hall–Kier alpha value is -2.34. The van der Waals surface area contributed by atoms with E-state index in [1.54, 1.807) is 25.6 Å². The largest absolute Gasteiger partial charge is 0.497 e. The van der Waals surface area contributed by atoms with E-state index in [1.165, 1.54) is 0 Å². The molecule has 5 nitrogen and oxygen atoms in total. The SMILES string of the molecule is COc1ccc(-c2n[nH]c(-c3cccs3)n2)c(OC)c1. The molecular formula is C14H13N3O2S. The topological polar surface area (TPSA) is 60.0 Å². The van der Waals surface area contributed by atoms with Crippen LogP contribution in [0.25, 0.3) is 22.1 Å². The van der Waals surface area contributed by atoms with Crippen LogP contribution in [0.5, 0.6) is 11.5 Å². The standard InChI is InChI=1S/C14H13N3O2S/c1-18-9-5-6-10(11(8-9)19-2)13-15-14(17-16-13)12-4-3-7-20-12/h3-8H,1-2H3,(H,15,16,17). The summed E-state index contributed by atoms with van der Waals surface area (Å²) in [5.74, 6) is 2.78. The Balaban J connectivity index is 2.01. The molecule has 3 aromatic rings. The maximum absolute atomic E-state index is 5.37. The molecule has 0 aliphatic rings. The van der Waals surface area contributed by atoms with E-state index in [-0.39, 0.29) is 0 Å². The van der Waals surface area contributed by atoms with Crippen LogP contribution in [0.4, 0.5) is 0 Å². The number of hydrogen-bond acceptors (Lipinski definition) is 5. The number of aromatic amines is 1. The minimum absolute atomic E-state index is 0.605. The number of H-pyrrole nitrogens is 1. The molecule has 3 rings (SSSR count). The Morgan fingerprint density at radius 1 is 1.15 bits per heavy atom. The van der Waals surface area contributed by atoms with Gasteiger partial charge in [0.25, 0.3) is 0 Å². The molecule has 0 radical (unpaired) electrons. The Labute approximate surface area is 120 Å². The lowest BCUT2D eigenvalue weighted by Crippen LogP contribution is -1.91. The van der Waals surface area contributed by atoms with Crippen molar-refractivity contribution in [3.63, 3.8) is 0 Å². The van der Waals surface area contributed by atoms with Gasteiger partial charge in [-0.05, 0) is 23.6 Å². The van der Waals surface area contributed by atoms with Gasteiger partial charge in [0.15, 0.2) is 11.6 Å². The minimum Gasteiger partial charge on any atom is -0.497 e. The molecule has 102 valence electrons. The Morgan fingerprint density at radius 3 is 2.75 bits per heavy atom. The molecule has 20 heavy (non-hydrogen) atoms. The first-order valence-corrected chi connectivity index (χ1v) is 6.88. The lowest BCUT2D eigenvalue weighted by atomic mass is 10.2. The van der Waals surface area contributed by atoms with Crippen LogP contribution in [0.1, 0.15) is 0 Å². The summed E-state index contributed by atoms with van der Waals surface area (Å²) in [7, 11) is 3.24. The van der Waals surface area contributed by atoms with Crippen LogP contribution in [0, 0.1) is 0 Å². The molecule has 0 atom stereocenters. The fourth-order valence-electron chi connectivity index (χ4n) is 1.89. The van der Waals surface area contributed by atoms with Crippen LogP contribution in [0.3, 0.4) is 0 Å². The summed E-state index contributed by atoms with van der Waals surface area (Å²) in [5, 5.41) is 9.21. The highest BCUT2D eigenvalue weighted by Gasteiger charge is 2.13. The molecule has 2 heterocycles. The summed E-state index contributed by atoms with van der Waals surface area (Å²) in [4.78, 5) is 5.56. The fraction of sp³-hybridized carbons (Fsp3) is 0.143. The van der Waals surface area contributed by atoms with E-state index in [2.05, 4.69) is 15.2 Å². The highest BCUT2D eigenvalue weighted by molar-refractivity contribution is 7.13. The highest BCUT2D eigenvalue weighted by Crippen LogP contribution is 2.32. The van der Waals surface area contributed by atoms with Crippen molar-refractivity contribution in [2.75, 3.05) is 14.2 Å². The normalized spacial score (nSPS) is 10.5. The summed E-state index contributed by atoms with van der Waals surface area (Å²) < 4.78 is 10.6. The predicted molar refractivity (Wildman–Crippen MR) is 78.2 cm³/mol. The molecule has 1 N–H and O–H groups in total. The number of hydrogen-bond donors (Lipinski definition) is 1. The number of benzene rings is 1. The quantitative estimate of drug-likeness (QED) is 0.800. The summed E-state index contributed by atoms with van der Waals surface area (Å²) in [6.07, 6.45) is 0. The van der Waals surface area contributed by atoms with Gasteiger partial charge in [-0.3, -0.25) is 5.10 Å². The number of nitrogens with one attached hydrogen (secondary N) is 1. The first-order valence-electron chi connectivity index (χ1n) is 6.00. The molecule has 0 saturated carbocycles. The lowest BCUT2D eigenvalue weighted by molar-refractivity contribution is 0.395. The maximum Gasteiger partial charge on any atom is 0.185 e. The van der Waals surface area contributed by atoms with Gasteiger partial charge in [0.1, 0.15) is 11.5 Å². The molecule has 0 amide bonds. The molecule has 2 aromatic heterocycles. The van der Waals surface area contributed by atoms with Gasteiger partial charge in [-0.25, -0.2) is 4.98 Å². The zero-order chi connectivity index (χ0) is 13.9. The van der Waals surface area contributed by atoms with E-state index >= 15 is 0 Å². The molecule has 0 spiro atoms. The summed E-state index contributed by atoms with van der Waals surface area (Å²) in [6, 6.07) is 9.55.